The van der Waals surface area contributed by atoms with Crippen LogP contribution in [0.3, 0.4) is 0 Å². The molecule has 18 heavy (non-hydrogen) atoms. The smallest absolute Gasteiger partial charge is 0.308 e. The highest BCUT2D eigenvalue weighted by Gasteiger charge is 2.19. The normalized spacial score (nSPS) is 12.2. The summed E-state index contributed by atoms with van der Waals surface area (Å²) in [7, 11) is 0. The maximum absolute atomic E-state index is 10.9. The molecule has 1 aromatic heterocycles. The third kappa shape index (κ3) is 3.70. The van der Waals surface area contributed by atoms with Gasteiger partial charge in [-0.1, -0.05) is 20.8 Å². The van der Waals surface area contributed by atoms with Crippen LogP contribution in [0.1, 0.15) is 32.4 Å². The highest BCUT2D eigenvalue weighted by atomic mass is 32.1. The van der Waals surface area contributed by atoms with Crippen molar-refractivity contribution in [1.29, 1.82) is 5.26 Å². The monoisotopic (exact) mass is 267 g/mol. The fourth-order valence-corrected chi connectivity index (χ4v) is 2.39. The van der Waals surface area contributed by atoms with Crippen LogP contribution in [0.2, 0.25) is 0 Å². The quantitative estimate of drug-likeness (QED) is 0.800. The maximum atomic E-state index is 10.9. The summed E-state index contributed by atoms with van der Waals surface area (Å²) in [5, 5.41) is 20.4. The van der Waals surface area contributed by atoms with Crippen molar-refractivity contribution in [2.75, 3.05) is 18.0 Å². The van der Waals surface area contributed by atoms with Crippen molar-refractivity contribution in [3.05, 3.63) is 11.1 Å². The number of anilines is 1. The minimum atomic E-state index is -0.862. The van der Waals surface area contributed by atoms with Gasteiger partial charge in [-0.05, 0) is 5.92 Å². The zero-order valence-corrected chi connectivity index (χ0v) is 11.6. The second-order valence-electron chi connectivity index (χ2n) is 4.49. The highest BCUT2D eigenvalue weighted by molar-refractivity contribution is 7.13. The molecule has 1 aromatic rings. The molecule has 5 nitrogen and oxygen atoms in total. The van der Waals surface area contributed by atoms with Crippen LogP contribution >= 0.6 is 11.3 Å². The number of aliphatic carboxylic acids is 1. The van der Waals surface area contributed by atoms with E-state index in [-0.39, 0.29) is 6.54 Å². The molecule has 0 aliphatic rings. The fourth-order valence-electron chi connectivity index (χ4n) is 1.39. The van der Waals surface area contributed by atoms with E-state index in [1.54, 1.807) is 11.8 Å². The Balaban J connectivity index is 2.83. The lowest BCUT2D eigenvalue weighted by atomic mass is 10.1. The summed E-state index contributed by atoms with van der Waals surface area (Å²) < 4.78 is 0. The highest BCUT2D eigenvalue weighted by Crippen LogP contribution is 2.25. The van der Waals surface area contributed by atoms with Gasteiger partial charge in [0.2, 0.25) is 0 Å². The maximum Gasteiger partial charge on any atom is 0.308 e. The van der Waals surface area contributed by atoms with Gasteiger partial charge >= 0.3 is 5.97 Å². The molecule has 0 aliphatic heterocycles. The number of hydrogen-bond donors (Lipinski definition) is 1. The Kier molecular flexibility index (Phi) is 5.10. The third-order valence-corrected chi connectivity index (χ3v) is 3.47. The van der Waals surface area contributed by atoms with Gasteiger partial charge in [0.1, 0.15) is 6.54 Å². The van der Waals surface area contributed by atoms with Crippen LogP contribution in [0.25, 0.3) is 0 Å². The molecule has 1 rings (SSSR count). The first-order valence-electron chi connectivity index (χ1n) is 5.75. The molecule has 0 bridgehead atoms. The van der Waals surface area contributed by atoms with Gasteiger partial charge < -0.3 is 10.0 Å². The van der Waals surface area contributed by atoms with E-state index < -0.39 is 11.9 Å². The van der Waals surface area contributed by atoms with E-state index in [2.05, 4.69) is 4.98 Å². The Bertz CT molecular complexity index is 450. The van der Waals surface area contributed by atoms with Gasteiger partial charge in [0.05, 0.1) is 17.7 Å². The first-order chi connectivity index (χ1) is 8.45. The van der Waals surface area contributed by atoms with Gasteiger partial charge in [-0.15, -0.1) is 11.3 Å². The Morgan fingerprint density at radius 3 is 2.72 bits per heavy atom. The Hall–Kier alpha value is -1.61. The fraction of sp³-hybridized carbons (Fsp3) is 0.583. The molecular formula is C12H17N3O2S. The van der Waals surface area contributed by atoms with E-state index in [0.717, 1.165) is 5.69 Å². The van der Waals surface area contributed by atoms with E-state index in [9.17, 15) is 4.79 Å². The van der Waals surface area contributed by atoms with Gasteiger partial charge in [-0.2, -0.15) is 5.26 Å². The van der Waals surface area contributed by atoms with Gasteiger partial charge in [0, 0.05) is 11.9 Å². The predicted octanol–water partition coefficient (Wildman–Crippen LogP) is 2.32. The summed E-state index contributed by atoms with van der Waals surface area (Å²) in [6.45, 7) is 6.18. The summed E-state index contributed by atoms with van der Waals surface area (Å²) >= 11 is 1.45. The van der Waals surface area contributed by atoms with E-state index in [1.165, 1.54) is 11.3 Å². The number of nitriles is 1. The summed E-state index contributed by atoms with van der Waals surface area (Å²) in [6.07, 6.45) is 0. The van der Waals surface area contributed by atoms with Gasteiger partial charge in [-0.3, -0.25) is 4.79 Å². The minimum Gasteiger partial charge on any atom is -0.481 e. The zero-order valence-electron chi connectivity index (χ0n) is 10.8. The molecule has 1 N–H and O–H groups in total. The second-order valence-corrected chi connectivity index (χ2v) is 5.32. The first kappa shape index (κ1) is 14.5. The predicted molar refractivity (Wildman–Crippen MR) is 70.8 cm³/mol. The van der Waals surface area contributed by atoms with E-state index in [1.807, 2.05) is 25.3 Å². The Labute approximate surface area is 111 Å². The van der Waals surface area contributed by atoms with Gasteiger partial charge in [0.25, 0.3) is 0 Å². The van der Waals surface area contributed by atoms with E-state index >= 15 is 0 Å². The lowest BCUT2D eigenvalue weighted by molar-refractivity contribution is -0.140. The van der Waals surface area contributed by atoms with Crippen LogP contribution in [-0.2, 0) is 4.79 Å². The largest absolute Gasteiger partial charge is 0.481 e. The molecule has 0 saturated carbocycles. The lowest BCUT2D eigenvalue weighted by Crippen LogP contribution is -2.32. The summed E-state index contributed by atoms with van der Waals surface area (Å²) in [4.78, 5) is 17.0. The molecule has 0 aliphatic carbocycles. The van der Waals surface area contributed by atoms with Crippen molar-refractivity contribution in [2.45, 2.75) is 26.7 Å². The number of carboxylic acids is 1. The zero-order chi connectivity index (χ0) is 13.7. The molecule has 98 valence electrons. The number of carbonyl (C=O) groups is 1. The van der Waals surface area contributed by atoms with Crippen LogP contribution < -0.4 is 4.90 Å². The molecule has 1 heterocycles. The van der Waals surface area contributed by atoms with Crippen LogP contribution in [0.4, 0.5) is 5.13 Å². The average Bonchev–Trinajstić information content (AvgIpc) is 2.77. The number of aromatic nitrogens is 1. The molecule has 6 heteroatoms. The summed E-state index contributed by atoms with van der Waals surface area (Å²) in [5.41, 5.74) is 0.973. The van der Waals surface area contributed by atoms with E-state index in [0.29, 0.717) is 17.6 Å². The molecule has 0 spiro atoms. The lowest BCUT2D eigenvalue weighted by Gasteiger charge is -2.20. The number of rotatable bonds is 6. The summed E-state index contributed by atoms with van der Waals surface area (Å²) in [5.74, 6) is -1.06. The van der Waals surface area contributed by atoms with Crippen molar-refractivity contribution >= 4 is 22.4 Å². The average molecular weight is 267 g/mol. The van der Waals surface area contributed by atoms with Crippen molar-refractivity contribution in [3.8, 4) is 6.07 Å². The van der Waals surface area contributed by atoms with Crippen LogP contribution in [0.15, 0.2) is 5.38 Å². The Morgan fingerprint density at radius 2 is 2.28 bits per heavy atom. The molecule has 0 amide bonds. The molecule has 0 saturated heterocycles. The van der Waals surface area contributed by atoms with Gasteiger partial charge in [0.15, 0.2) is 5.13 Å². The van der Waals surface area contributed by atoms with Crippen molar-refractivity contribution in [3.63, 3.8) is 0 Å². The van der Waals surface area contributed by atoms with Crippen LogP contribution in [-0.4, -0.2) is 29.1 Å². The standard InChI is InChI=1S/C12H17N3O2S/c1-8(2)10-7-18-12(14-10)15(5-4-13)6-9(3)11(16)17/h7-9H,5-6H2,1-3H3,(H,16,17). The first-order valence-corrected chi connectivity index (χ1v) is 6.63. The van der Waals surface area contributed by atoms with Gasteiger partial charge in [-0.25, -0.2) is 4.98 Å². The van der Waals surface area contributed by atoms with Crippen molar-refractivity contribution < 1.29 is 9.90 Å². The SMILES string of the molecule is CC(CN(CC#N)c1nc(C(C)C)cs1)C(=O)O. The third-order valence-electron chi connectivity index (χ3n) is 2.55. The molecule has 1 unspecified atom stereocenters. The molecule has 1 atom stereocenters. The second kappa shape index (κ2) is 6.36. The number of thiazole rings is 1. The molecule has 0 fully saturated rings. The Morgan fingerprint density at radius 1 is 1.61 bits per heavy atom. The van der Waals surface area contributed by atoms with E-state index in [4.69, 9.17) is 10.4 Å². The molecule has 0 aromatic carbocycles. The van der Waals surface area contributed by atoms with Crippen LogP contribution in [0, 0.1) is 17.2 Å². The molecule has 0 radical (unpaired) electrons. The number of hydrogen-bond acceptors (Lipinski definition) is 5. The van der Waals surface area contributed by atoms with Crippen LogP contribution in [0.5, 0.6) is 0 Å². The number of nitrogens with zero attached hydrogens (tertiary/aromatic N) is 3. The topological polar surface area (TPSA) is 77.2 Å². The summed E-state index contributed by atoms with van der Waals surface area (Å²) in [6, 6.07) is 2.05. The minimum absolute atomic E-state index is 0.155. The van der Waals surface area contributed by atoms with Crippen molar-refractivity contribution in [2.24, 2.45) is 5.92 Å². The number of carboxylic acid groups (broad SMARTS) is 1. The van der Waals surface area contributed by atoms with Crippen molar-refractivity contribution in [1.82, 2.24) is 4.98 Å². The molecular weight excluding hydrogens is 250 g/mol.